The molecule has 0 amide bonds. The van der Waals surface area contributed by atoms with Gasteiger partial charge >= 0.3 is 0 Å². The predicted octanol–water partition coefficient (Wildman–Crippen LogP) is 2.37. The van der Waals surface area contributed by atoms with Gasteiger partial charge in [-0.1, -0.05) is 18.6 Å². The standard InChI is InChI=1S/C12H22O2/c1-7(2)6-11(13)12-8(3)9(4)14-10(12)5/h6,8-13H,1-5H3. The lowest BCUT2D eigenvalue weighted by atomic mass is 9.84. The molecule has 82 valence electrons. The molecule has 0 aromatic carbocycles. The number of aliphatic hydroxyl groups excluding tert-OH is 1. The molecule has 0 aromatic rings. The molecule has 0 saturated carbocycles. The highest BCUT2D eigenvalue weighted by molar-refractivity contribution is 5.03. The zero-order valence-electron chi connectivity index (χ0n) is 9.82. The normalized spacial score (nSPS) is 39.6. The van der Waals surface area contributed by atoms with Crippen LogP contribution in [0.5, 0.6) is 0 Å². The highest BCUT2D eigenvalue weighted by Crippen LogP contribution is 2.35. The first-order chi connectivity index (χ1) is 6.43. The Labute approximate surface area is 87.0 Å². The van der Waals surface area contributed by atoms with E-state index >= 15 is 0 Å². The molecule has 5 atom stereocenters. The highest BCUT2D eigenvalue weighted by Gasteiger charge is 2.40. The van der Waals surface area contributed by atoms with Crippen molar-refractivity contribution in [1.29, 1.82) is 0 Å². The summed E-state index contributed by atoms with van der Waals surface area (Å²) < 4.78 is 5.70. The summed E-state index contributed by atoms with van der Waals surface area (Å²) in [5.41, 5.74) is 1.16. The maximum Gasteiger partial charge on any atom is 0.0779 e. The van der Waals surface area contributed by atoms with Crippen molar-refractivity contribution in [3.63, 3.8) is 0 Å². The van der Waals surface area contributed by atoms with Gasteiger partial charge in [-0.2, -0.15) is 0 Å². The van der Waals surface area contributed by atoms with Gasteiger partial charge < -0.3 is 9.84 Å². The number of allylic oxidation sites excluding steroid dienone is 1. The van der Waals surface area contributed by atoms with Crippen LogP contribution in [0.2, 0.25) is 0 Å². The van der Waals surface area contributed by atoms with Crippen LogP contribution in [-0.2, 0) is 4.74 Å². The predicted molar refractivity (Wildman–Crippen MR) is 58.1 cm³/mol. The van der Waals surface area contributed by atoms with E-state index in [1.54, 1.807) is 0 Å². The second-order valence-electron chi connectivity index (χ2n) is 4.72. The Morgan fingerprint density at radius 2 is 1.79 bits per heavy atom. The molecule has 0 radical (unpaired) electrons. The average molecular weight is 198 g/mol. The zero-order valence-corrected chi connectivity index (χ0v) is 9.82. The first kappa shape index (κ1) is 11.7. The lowest BCUT2D eigenvalue weighted by molar-refractivity contribution is 0.0351. The van der Waals surface area contributed by atoms with Gasteiger partial charge in [0, 0.05) is 5.92 Å². The van der Waals surface area contributed by atoms with Crippen LogP contribution in [0, 0.1) is 11.8 Å². The van der Waals surface area contributed by atoms with Gasteiger partial charge in [-0.25, -0.2) is 0 Å². The topological polar surface area (TPSA) is 29.5 Å². The third-order valence-electron chi connectivity index (χ3n) is 3.22. The van der Waals surface area contributed by atoms with Gasteiger partial charge in [-0.3, -0.25) is 0 Å². The van der Waals surface area contributed by atoms with Crippen molar-refractivity contribution in [3.8, 4) is 0 Å². The third kappa shape index (κ3) is 2.37. The van der Waals surface area contributed by atoms with Crippen molar-refractivity contribution in [3.05, 3.63) is 11.6 Å². The molecule has 1 fully saturated rings. The number of ether oxygens (including phenoxy) is 1. The Bertz CT molecular complexity index is 218. The van der Waals surface area contributed by atoms with E-state index in [0.717, 1.165) is 5.57 Å². The van der Waals surface area contributed by atoms with Crippen LogP contribution >= 0.6 is 0 Å². The van der Waals surface area contributed by atoms with Crippen molar-refractivity contribution >= 4 is 0 Å². The Kier molecular flexibility index (Phi) is 3.73. The summed E-state index contributed by atoms with van der Waals surface area (Å²) in [6, 6.07) is 0. The van der Waals surface area contributed by atoms with Crippen LogP contribution in [0.25, 0.3) is 0 Å². The molecule has 0 aliphatic carbocycles. The first-order valence-corrected chi connectivity index (χ1v) is 5.42. The third-order valence-corrected chi connectivity index (χ3v) is 3.22. The molecule has 1 aliphatic heterocycles. The SMILES string of the molecule is CC(C)=CC(O)C1C(C)OC(C)C1C. The van der Waals surface area contributed by atoms with Crippen LogP contribution < -0.4 is 0 Å². The maximum absolute atomic E-state index is 10.0. The highest BCUT2D eigenvalue weighted by atomic mass is 16.5. The van der Waals surface area contributed by atoms with E-state index < -0.39 is 0 Å². The molecule has 2 heteroatoms. The lowest BCUT2D eigenvalue weighted by Gasteiger charge is -2.22. The molecule has 1 heterocycles. The number of hydrogen-bond donors (Lipinski definition) is 1. The van der Waals surface area contributed by atoms with Crippen molar-refractivity contribution < 1.29 is 9.84 Å². The van der Waals surface area contributed by atoms with Crippen LogP contribution in [0.1, 0.15) is 34.6 Å². The van der Waals surface area contributed by atoms with Gasteiger partial charge in [-0.15, -0.1) is 0 Å². The second-order valence-corrected chi connectivity index (χ2v) is 4.72. The van der Waals surface area contributed by atoms with Gasteiger partial charge in [-0.05, 0) is 33.6 Å². The van der Waals surface area contributed by atoms with Gasteiger partial charge in [0.2, 0.25) is 0 Å². The molecule has 0 bridgehead atoms. The smallest absolute Gasteiger partial charge is 0.0779 e. The largest absolute Gasteiger partial charge is 0.389 e. The van der Waals surface area contributed by atoms with Crippen LogP contribution in [0.15, 0.2) is 11.6 Å². The molecule has 0 aromatic heterocycles. The Morgan fingerprint density at radius 1 is 1.21 bits per heavy atom. The van der Waals surface area contributed by atoms with E-state index in [0.29, 0.717) is 5.92 Å². The van der Waals surface area contributed by atoms with Gasteiger partial charge in [0.1, 0.15) is 0 Å². The van der Waals surface area contributed by atoms with Gasteiger partial charge in [0.15, 0.2) is 0 Å². The molecule has 5 unspecified atom stereocenters. The number of hydrogen-bond acceptors (Lipinski definition) is 2. The fraction of sp³-hybridized carbons (Fsp3) is 0.833. The van der Waals surface area contributed by atoms with Gasteiger partial charge in [0.25, 0.3) is 0 Å². The fourth-order valence-corrected chi connectivity index (χ4v) is 2.33. The van der Waals surface area contributed by atoms with Crippen LogP contribution in [0.4, 0.5) is 0 Å². The van der Waals surface area contributed by atoms with Crippen molar-refractivity contribution in [2.45, 2.75) is 52.9 Å². The van der Waals surface area contributed by atoms with E-state index in [1.807, 2.05) is 26.8 Å². The second kappa shape index (κ2) is 4.45. The molecule has 1 rings (SSSR count). The summed E-state index contributed by atoms with van der Waals surface area (Å²) in [5, 5.41) is 10.0. The summed E-state index contributed by atoms with van der Waals surface area (Å²) in [7, 11) is 0. The minimum absolute atomic E-state index is 0.158. The summed E-state index contributed by atoms with van der Waals surface area (Å²) in [6.45, 7) is 10.3. The van der Waals surface area contributed by atoms with E-state index in [4.69, 9.17) is 4.74 Å². The molecule has 1 aliphatic rings. The van der Waals surface area contributed by atoms with Gasteiger partial charge in [0.05, 0.1) is 18.3 Å². The Hall–Kier alpha value is -0.340. The monoisotopic (exact) mass is 198 g/mol. The summed E-state index contributed by atoms with van der Waals surface area (Å²) >= 11 is 0. The summed E-state index contributed by atoms with van der Waals surface area (Å²) in [5.74, 6) is 0.662. The van der Waals surface area contributed by atoms with Crippen molar-refractivity contribution in [2.75, 3.05) is 0 Å². The Balaban J connectivity index is 2.72. The minimum Gasteiger partial charge on any atom is -0.389 e. The van der Waals surface area contributed by atoms with E-state index in [1.165, 1.54) is 0 Å². The van der Waals surface area contributed by atoms with Crippen LogP contribution in [-0.4, -0.2) is 23.4 Å². The van der Waals surface area contributed by atoms with Crippen LogP contribution in [0.3, 0.4) is 0 Å². The average Bonchev–Trinajstić information content (AvgIpc) is 2.25. The lowest BCUT2D eigenvalue weighted by Crippen LogP contribution is -2.29. The molecule has 1 N–H and O–H groups in total. The molecule has 1 saturated heterocycles. The molecule has 2 nitrogen and oxygen atoms in total. The summed E-state index contributed by atoms with van der Waals surface area (Å²) in [6.07, 6.45) is 1.98. The van der Waals surface area contributed by atoms with E-state index in [2.05, 4.69) is 13.8 Å². The summed E-state index contributed by atoms with van der Waals surface area (Å²) in [4.78, 5) is 0. The molecular formula is C12H22O2. The number of aliphatic hydroxyl groups is 1. The number of rotatable bonds is 2. The van der Waals surface area contributed by atoms with Crippen molar-refractivity contribution in [1.82, 2.24) is 0 Å². The minimum atomic E-state index is -0.366. The zero-order chi connectivity index (χ0) is 10.9. The molecular weight excluding hydrogens is 176 g/mol. The quantitative estimate of drug-likeness (QED) is 0.690. The molecule has 0 spiro atoms. The maximum atomic E-state index is 10.0. The Morgan fingerprint density at radius 3 is 2.14 bits per heavy atom. The van der Waals surface area contributed by atoms with E-state index in [-0.39, 0.29) is 24.2 Å². The van der Waals surface area contributed by atoms with Crippen molar-refractivity contribution in [2.24, 2.45) is 11.8 Å². The van der Waals surface area contributed by atoms with E-state index in [9.17, 15) is 5.11 Å². The molecule has 14 heavy (non-hydrogen) atoms. The first-order valence-electron chi connectivity index (χ1n) is 5.42. The fourth-order valence-electron chi connectivity index (χ4n) is 2.33.